The van der Waals surface area contributed by atoms with Gasteiger partial charge < -0.3 is 15.4 Å². The van der Waals surface area contributed by atoms with E-state index in [0.717, 1.165) is 54.1 Å². The van der Waals surface area contributed by atoms with Crippen LogP contribution >= 0.6 is 0 Å². The van der Waals surface area contributed by atoms with Crippen molar-refractivity contribution in [3.63, 3.8) is 0 Å². The molecule has 178 valence electrons. The first-order valence-corrected chi connectivity index (χ1v) is 12.2. The fraction of sp³-hybridized carbons (Fsp3) is 0.429. The summed E-state index contributed by atoms with van der Waals surface area (Å²) in [6.45, 7) is 7.49. The van der Waals surface area contributed by atoms with Crippen molar-refractivity contribution in [2.45, 2.75) is 58.6 Å². The van der Waals surface area contributed by atoms with E-state index < -0.39 is 6.04 Å². The summed E-state index contributed by atoms with van der Waals surface area (Å²) in [7, 11) is 0. The van der Waals surface area contributed by atoms with E-state index in [-0.39, 0.29) is 23.3 Å². The summed E-state index contributed by atoms with van der Waals surface area (Å²) in [4.78, 5) is 29.2. The van der Waals surface area contributed by atoms with E-state index in [4.69, 9.17) is 4.74 Å². The Morgan fingerprint density at radius 2 is 1.91 bits per heavy atom. The van der Waals surface area contributed by atoms with Crippen LogP contribution in [0.1, 0.15) is 56.7 Å². The third-order valence-electron chi connectivity index (χ3n) is 7.02. The molecule has 2 aromatic rings. The quantitative estimate of drug-likeness (QED) is 0.636. The highest BCUT2D eigenvalue weighted by Gasteiger charge is 2.43. The molecule has 1 aliphatic carbocycles. The van der Waals surface area contributed by atoms with Gasteiger partial charge in [0.25, 0.3) is 0 Å². The van der Waals surface area contributed by atoms with Crippen molar-refractivity contribution in [2.75, 3.05) is 23.4 Å². The van der Waals surface area contributed by atoms with Crippen LogP contribution in [0.5, 0.6) is 0 Å². The van der Waals surface area contributed by atoms with E-state index in [9.17, 15) is 9.59 Å². The van der Waals surface area contributed by atoms with E-state index >= 15 is 0 Å². The molecule has 2 heterocycles. The van der Waals surface area contributed by atoms with E-state index in [1.807, 2.05) is 55.5 Å². The number of benzene rings is 2. The lowest BCUT2D eigenvalue weighted by molar-refractivity contribution is -0.118. The number of carbonyl (C=O) groups is 2. The minimum atomic E-state index is -0.514. The van der Waals surface area contributed by atoms with Gasteiger partial charge in [-0.2, -0.15) is 0 Å². The molecule has 1 saturated heterocycles. The number of para-hydroxylation sites is 2. The van der Waals surface area contributed by atoms with Crippen LogP contribution in [0.4, 0.5) is 16.2 Å². The number of urea groups is 1. The van der Waals surface area contributed by atoms with Crippen molar-refractivity contribution in [3.8, 4) is 0 Å². The fourth-order valence-corrected chi connectivity index (χ4v) is 5.37. The van der Waals surface area contributed by atoms with Crippen LogP contribution < -0.4 is 15.5 Å². The lowest BCUT2D eigenvalue weighted by Crippen LogP contribution is -2.46. The topological polar surface area (TPSA) is 70.7 Å². The summed E-state index contributed by atoms with van der Waals surface area (Å²) >= 11 is 0. The number of ether oxygens (including phenoxy) is 1. The zero-order chi connectivity index (χ0) is 23.9. The van der Waals surface area contributed by atoms with Crippen molar-refractivity contribution in [1.29, 1.82) is 0 Å². The van der Waals surface area contributed by atoms with Crippen molar-refractivity contribution in [1.82, 2.24) is 5.32 Å². The van der Waals surface area contributed by atoms with Crippen LogP contribution in [-0.2, 0) is 9.53 Å². The molecular formula is C28H33N3O3. The average molecular weight is 460 g/mol. The maximum Gasteiger partial charge on any atom is 0.322 e. The minimum absolute atomic E-state index is 0.0361. The van der Waals surface area contributed by atoms with Crippen LogP contribution in [0, 0.1) is 12.3 Å². The Balaban J connectivity index is 1.64. The van der Waals surface area contributed by atoms with Crippen molar-refractivity contribution < 1.29 is 14.3 Å². The van der Waals surface area contributed by atoms with Crippen LogP contribution in [0.3, 0.4) is 0 Å². The second kappa shape index (κ2) is 8.91. The summed E-state index contributed by atoms with van der Waals surface area (Å²) < 4.78 is 5.73. The predicted octanol–water partition coefficient (Wildman–Crippen LogP) is 5.50. The zero-order valence-electron chi connectivity index (χ0n) is 20.2. The van der Waals surface area contributed by atoms with Crippen LogP contribution in [0.25, 0.3) is 0 Å². The highest BCUT2D eigenvalue weighted by Crippen LogP contribution is 2.48. The molecule has 0 aromatic heterocycles. The molecule has 2 atom stereocenters. The highest BCUT2D eigenvalue weighted by molar-refractivity contribution is 6.06. The number of hydrogen-bond donors (Lipinski definition) is 2. The van der Waals surface area contributed by atoms with E-state index in [1.54, 1.807) is 4.90 Å². The summed E-state index contributed by atoms with van der Waals surface area (Å²) in [5, 5.41) is 6.65. The number of Topliss-reactive ketones (excluding diaryl/α,β-unsaturated/α-hetero) is 1. The number of aryl methyl sites for hydroxylation is 1. The van der Waals surface area contributed by atoms with Gasteiger partial charge in [0, 0.05) is 30.8 Å². The Labute approximate surface area is 201 Å². The average Bonchev–Trinajstić information content (AvgIpc) is 3.26. The molecule has 2 amide bonds. The minimum Gasteiger partial charge on any atom is -0.376 e. The predicted molar refractivity (Wildman–Crippen MR) is 134 cm³/mol. The Kier molecular flexibility index (Phi) is 5.94. The zero-order valence-corrected chi connectivity index (χ0v) is 20.2. The number of carbonyl (C=O) groups excluding carboxylic acids is 2. The Bertz CT molecular complexity index is 1130. The van der Waals surface area contributed by atoms with Gasteiger partial charge in [0.2, 0.25) is 0 Å². The first kappa shape index (κ1) is 22.7. The second-order valence-corrected chi connectivity index (χ2v) is 10.5. The van der Waals surface area contributed by atoms with Gasteiger partial charge in [-0.3, -0.25) is 9.69 Å². The largest absolute Gasteiger partial charge is 0.376 e. The molecule has 2 N–H and O–H groups in total. The molecule has 6 heteroatoms. The lowest BCUT2D eigenvalue weighted by atomic mass is 9.73. The van der Waals surface area contributed by atoms with Crippen LogP contribution in [0.15, 0.2) is 59.8 Å². The first-order chi connectivity index (χ1) is 16.3. The van der Waals surface area contributed by atoms with Gasteiger partial charge in [-0.05, 0) is 49.3 Å². The molecule has 2 aliphatic heterocycles. The normalized spacial score (nSPS) is 23.6. The monoisotopic (exact) mass is 459 g/mol. The number of ketones is 1. The smallest absolute Gasteiger partial charge is 0.322 e. The van der Waals surface area contributed by atoms with E-state index in [2.05, 4.69) is 24.5 Å². The maximum absolute atomic E-state index is 13.8. The second-order valence-electron chi connectivity index (χ2n) is 10.5. The number of anilines is 2. The van der Waals surface area contributed by atoms with Crippen LogP contribution in [-0.4, -0.2) is 31.1 Å². The number of rotatable bonds is 3. The number of amides is 2. The van der Waals surface area contributed by atoms with Crippen molar-refractivity contribution >= 4 is 23.2 Å². The number of hydrogen-bond acceptors (Lipinski definition) is 4. The molecule has 34 heavy (non-hydrogen) atoms. The fourth-order valence-electron chi connectivity index (χ4n) is 5.37. The molecule has 6 nitrogen and oxygen atoms in total. The van der Waals surface area contributed by atoms with Gasteiger partial charge in [-0.1, -0.05) is 55.8 Å². The van der Waals surface area contributed by atoms with E-state index in [1.165, 1.54) is 0 Å². The van der Waals surface area contributed by atoms with Gasteiger partial charge in [-0.15, -0.1) is 0 Å². The third-order valence-corrected chi connectivity index (χ3v) is 7.02. The summed E-state index contributed by atoms with van der Waals surface area (Å²) in [5.41, 5.74) is 5.11. The van der Waals surface area contributed by atoms with Crippen LogP contribution in [0.2, 0.25) is 0 Å². The van der Waals surface area contributed by atoms with Gasteiger partial charge in [0.05, 0.1) is 23.5 Å². The molecule has 1 fully saturated rings. The SMILES string of the molecule is Cc1ccc(C2C3=C(CC(C)(C)CC3=O)Nc3ccccc3N2C(=O)NCC2CCCO2)cc1. The number of nitrogens with one attached hydrogen (secondary N) is 2. The van der Waals surface area contributed by atoms with Gasteiger partial charge in [-0.25, -0.2) is 4.79 Å². The van der Waals surface area contributed by atoms with Gasteiger partial charge in [0.1, 0.15) is 0 Å². The molecule has 0 saturated carbocycles. The molecule has 2 aromatic carbocycles. The summed E-state index contributed by atoms with van der Waals surface area (Å²) in [5.74, 6) is 0.0917. The number of nitrogens with zero attached hydrogens (tertiary/aromatic N) is 1. The number of fused-ring (bicyclic) bond motifs is 1. The molecule has 0 spiro atoms. The standard InChI is InChI=1S/C28H33N3O3/c1-18-10-12-19(13-11-18)26-25-22(15-28(2,3)16-24(25)32)30-21-8-4-5-9-23(21)31(26)27(33)29-17-20-7-6-14-34-20/h4-5,8-13,20,26,30H,6-7,14-17H2,1-3H3,(H,29,33). The molecule has 3 aliphatic rings. The molecule has 0 radical (unpaired) electrons. The van der Waals surface area contributed by atoms with Gasteiger partial charge >= 0.3 is 6.03 Å². The Morgan fingerprint density at radius 1 is 1.15 bits per heavy atom. The maximum atomic E-state index is 13.8. The van der Waals surface area contributed by atoms with Crippen molar-refractivity contribution in [2.24, 2.45) is 5.41 Å². The summed E-state index contributed by atoms with van der Waals surface area (Å²) in [6, 6.07) is 15.2. The highest BCUT2D eigenvalue weighted by atomic mass is 16.5. The first-order valence-electron chi connectivity index (χ1n) is 12.2. The van der Waals surface area contributed by atoms with E-state index in [0.29, 0.717) is 18.5 Å². The Hall–Kier alpha value is -3.12. The summed E-state index contributed by atoms with van der Waals surface area (Å²) in [6.07, 6.45) is 3.20. The molecule has 2 unspecified atom stereocenters. The van der Waals surface area contributed by atoms with Gasteiger partial charge in [0.15, 0.2) is 5.78 Å². The lowest BCUT2D eigenvalue weighted by Gasteiger charge is -2.37. The Morgan fingerprint density at radius 3 is 2.65 bits per heavy atom. The number of allylic oxidation sites excluding steroid dienone is 1. The van der Waals surface area contributed by atoms with Crippen molar-refractivity contribution in [3.05, 3.63) is 70.9 Å². The molecule has 0 bridgehead atoms. The molecule has 5 rings (SSSR count). The molecular weight excluding hydrogens is 426 g/mol. The third kappa shape index (κ3) is 4.34.